The van der Waals surface area contributed by atoms with Crippen LogP contribution in [0.2, 0.25) is 0 Å². The third kappa shape index (κ3) is 3.11. The summed E-state index contributed by atoms with van der Waals surface area (Å²) in [5.41, 5.74) is 10.4. The van der Waals surface area contributed by atoms with Crippen molar-refractivity contribution in [2.75, 3.05) is 7.11 Å². The number of rotatable bonds is 4. The van der Waals surface area contributed by atoms with Crippen LogP contribution in [-0.4, -0.2) is 12.6 Å². The lowest BCUT2D eigenvalue weighted by atomic mass is 9.82. The first-order valence-corrected chi connectivity index (χ1v) is 7.28. The van der Waals surface area contributed by atoms with Crippen LogP contribution in [0, 0.1) is 0 Å². The fraction of sp³-hybridized carbons (Fsp3) is 0.647. The number of ether oxygens (including phenoxy) is 1. The van der Waals surface area contributed by atoms with E-state index in [4.69, 9.17) is 10.5 Å². The van der Waals surface area contributed by atoms with E-state index in [1.807, 2.05) is 0 Å². The molecule has 0 amide bonds. The molecule has 0 aromatic heterocycles. The average molecular weight is 261 g/mol. The predicted molar refractivity (Wildman–Crippen MR) is 80.9 cm³/mol. The molecule has 1 fully saturated rings. The zero-order chi connectivity index (χ0) is 14.3. The van der Waals surface area contributed by atoms with Crippen molar-refractivity contribution in [1.82, 2.24) is 0 Å². The lowest BCUT2D eigenvalue weighted by molar-refractivity contribution is 0.390. The maximum Gasteiger partial charge on any atom is 0.125 e. The Balaban J connectivity index is 2.50. The Morgan fingerprint density at radius 3 is 2.32 bits per heavy atom. The molecule has 19 heavy (non-hydrogen) atoms. The molecule has 1 aromatic rings. The first-order valence-electron chi connectivity index (χ1n) is 7.28. The van der Waals surface area contributed by atoms with Gasteiger partial charge in [-0.1, -0.05) is 39.8 Å². The minimum Gasteiger partial charge on any atom is -0.496 e. The Bertz CT molecular complexity index is 467. The second kappa shape index (κ2) is 4.82. The Morgan fingerprint density at radius 1 is 1.26 bits per heavy atom. The van der Waals surface area contributed by atoms with Crippen molar-refractivity contribution in [2.45, 2.75) is 64.3 Å². The highest BCUT2D eigenvalue weighted by Crippen LogP contribution is 2.41. The first-order chi connectivity index (χ1) is 8.79. The molecule has 0 spiro atoms. The minimum atomic E-state index is 0.0226. The molecule has 0 atom stereocenters. The fourth-order valence-corrected chi connectivity index (χ4v) is 2.61. The number of hydrogen-bond acceptors (Lipinski definition) is 2. The van der Waals surface area contributed by atoms with Gasteiger partial charge in [-0.3, -0.25) is 0 Å². The number of methoxy groups -OCH3 is 1. The van der Waals surface area contributed by atoms with Crippen LogP contribution < -0.4 is 10.5 Å². The van der Waals surface area contributed by atoms with Crippen LogP contribution in [0.25, 0.3) is 0 Å². The second-order valence-electron chi connectivity index (χ2n) is 6.98. The van der Waals surface area contributed by atoms with Gasteiger partial charge in [0.25, 0.3) is 0 Å². The van der Waals surface area contributed by atoms with Crippen LogP contribution in [0.4, 0.5) is 0 Å². The molecule has 2 nitrogen and oxygen atoms in total. The van der Waals surface area contributed by atoms with Gasteiger partial charge in [-0.05, 0) is 42.2 Å². The van der Waals surface area contributed by atoms with Gasteiger partial charge >= 0.3 is 0 Å². The van der Waals surface area contributed by atoms with Crippen molar-refractivity contribution in [3.8, 4) is 5.75 Å². The zero-order valence-electron chi connectivity index (χ0n) is 13.0. The molecule has 1 saturated carbocycles. The van der Waals surface area contributed by atoms with Gasteiger partial charge < -0.3 is 10.5 Å². The number of hydrogen-bond donors (Lipinski definition) is 1. The van der Waals surface area contributed by atoms with Gasteiger partial charge in [0.05, 0.1) is 7.11 Å². The molecule has 2 heteroatoms. The summed E-state index contributed by atoms with van der Waals surface area (Å²) in [6.07, 6.45) is 4.26. The minimum absolute atomic E-state index is 0.0226. The van der Waals surface area contributed by atoms with E-state index in [-0.39, 0.29) is 11.0 Å². The van der Waals surface area contributed by atoms with Crippen LogP contribution in [0.1, 0.15) is 57.2 Å². The summed E-state index contributed by atoms with van der Waals surface area (Å²) in [6.45, 7) is 8.92. The van der Waals surface area contributed by atoms with Crippen LogP contribution in [-0.2, 0) is 18.3 Å². The van der Waals surface area contributed by atoms with Gasteiger partial charge in [0.15, 0.2) is 0 Å². The largest absolute Gasteiger partial charge is 0.496 e. The first kappa shape index (κ1) is 14.4. The van der Waals surface area contributed by atoms with Crippen molar-refractivity contribution in [2.24, 2.45) is 5.73 Å². The molecular formula is C17H27NO. The van der Waals surface area contributed by atoms with Crippen molar-refractivity contribution in [3.63, 3.8) is 0 Å². The van der Waals surface area contributed by atoms with E-state index in [0.29, 0.717) is 0 Å². The predicted octanol–water partition coefficient (Wildman–Crippen LogP) is 3.59. The molecule has 2 N–H and O–H groups in total. The number of nitrogens with two attached hydrogens (primary N) is 1. The standard InChI is InChI=1S/C17H27NO/c1-6-12-9-13(11-17(18)7-8-17)15(19-5)14(10-12)16(2,3)4/h9-10H,6-8,11,18H2,1-5H3. The summed E-state index contributed by atoms with van der Waals surface area (Å²) in [7, 11) is 1.77. The molecule has 0 bridgehead atoms. The summed E-state index contributed by atoms with van der Waals surface area (Å²) in [6, 6.07) is 4.57. The van der Waals surface area contributed by atoms with E-state index < -0.39 is 0 Å². The third-order valence-corrected chi connectivity index (χ3v) is 4.08. The van der Waals surface area contributed by atoms with Crippen molar-refractivity contribution in [3.05, 3.63) is 28.8 Å². The van der Waals surface area contributed by atoms with Crippen molar-refractivity contribution < 1.29 is 4.74 Å². The molecule has 0 aliphatic heterocycles. The normalized spacial score (nSPS) is 17.4. The quantitative estimate of drug-likeness (QED) is 0.899. The van der Waals surface area contributed by atoms with Gasteiger partial charge in [-0.2, -0.15) is 0 Å². The maximum atomic E-state index is 6.30. The van der Waals surface area contributed by atoms with E-state index in [1.54, 1.807) is 7.11 Å². The van der Waals surface area contributed by atoms with Crippen molar-refractivity contribution >= 4 is 0 Å². The van der Waals surface area contributed by atoms with E-state index >= 15 is 0 Å². The van der Waals surface area contributed by atoms with Gasteiger partial charge in [0.1, 0.15) is 5.75 Å². The number of benzene rings is 1. The topological polar surface area (TPSA) is 35.2 Å². The van der Waals surface area contributed by atoms with Gasteiger partial charge in [0, 0.05) is 11.1 Å². The summed E-state index contributed by atoms with van der Waals surface area (Å²) >= 11 is 0. The Morgan fingerprint density at radius 2 is 1.89 bits per heavy atom. The maximum absolute atomic E-state index is 6.30. The van der Waals surface area contributed by atoms with Gasteiger partial charge in [0.2, 0.25) is 0 Å². The van der Waals surface area contributed by atoms with Gasteiger partial charge in [-0.25, -0.2) is 0 Å². The molecule has 0 radical (unpaired) electrons. The summed E-state index contributed by atoms with van der Waals surface area (Å²) in [5, 5.41) is 0. The smallest absolute Gasteiger partial charge is 0.125 e. The summed E-state index contributed by atoms with van der Waals surface area (Å²) in [4.78, 5) is 0. The van der Waals surface area contributed by atoms with Gasteiger partial charge in [-0.15, -0.1) is 0 Å². The van der Waals surface area contributed by atoms with E-state index in [1.165, 1.54) is 16.7 Å². The summed E-state index contributed by atoms with van der Waals surface area (Å²) in [5.74, 6) is 1.04. The molecule has 1 aliphatic rings. The van der Waals surface area contributed by atoms with Crippen molar-refractivity contribution in [1.29, 1.82) is 0 Å². The molecule has 1 aromatic carbocycles. The highest BCUT2D eigenvalue weighted by Gasteiger charge is 2.39. The molecular weight excluding hydrogens is 234 g/mol. The molecule has 0 saturated heterocycles. The summed E-state index contributed by atoms with van der Waals surface area (Å²) < 4.78 is 5.72. The van der Waals surface area contributed by atoms with E-state index in [9.17, 15) is 0 Å². The molecule has 2 rings (SSSR count). The average Bonchev–Trinajstić information content (AvgIpc) is 3.04. The van der Waals surface area contributed by atoms with E-state index in [2.05, 4.69) is 39.8 Å². The lowest BCUT2D eigenvalue weighted by Crippen LogP contribution is -2.25. The van der Waals surface area contributed by atoms with Crippen LogP contribution >= 0.6 is 0 Å². The SMILES string of the molecule is CCc1cc(CC2(N)CC2)c(OC)c(C(C)(C)C)c1. The Labute approximate surface area is 117 Å². The molecule has 1 aliphatic carbocycles. The van der Waals surface area contributed by atoms with Crippen LogP contribution in [0.15, 0.2) is 12.1 Å². The molecule has 0 unspecified atom stereocenters. The monoisotopic (exact) mass is 261 g/mol. The zero-order valence-corrected chi connectivity index (χ0v) is 13.0. The highest BCUT2D eigenvalue weighted by molar-refractivity contribution is 5.49. The molecule has 106 valence electrons. The van der Waals surface area contributed by atoms with E-state index in [0.717, 1.165) is 31.4 Å². The Hall–Kier alpha value is -1.02. The molecule has 0 heterocycles. The highest BCUT2D eigenvalue weighted by atomic mass is 16.5. The number of aryl methyl sites for hydroxylation is 1. The second-order valence-corrected chi connectivity index (χ2v) is 6.98. The third-order valence-electron chi connectivity index (χ3n) is 4.08. The van der Waals surface area contributed by atoms with Crippen LogP contribution in [0.5, 0.6) is 5.75 Å². The lowest BCUT2D eigenvalue weighted by Gasteiger charge is -2.26. The fourth-order valence-electron chi connectivity index (χ4n) is 2.61. The Kier molecular flexibility index (Phi) is 3.65. The van der Waals surface area contributed by atoms with Crippen LogP contribution in [0.3, 0.4) is 0 Å².